The smallest absolute Gasteiger partial charge is 0.186 e. The van der Waals surface area contributed by atoms with Crippen molar-refractivity contribution in [2.75, 3.05) is 7.11 Å². The second-order valence-corrected chi connectivity index (χ2v) is 8.47. The van der Waals surface area contributed by atoms with E-state index in [0.29, 0.717) is 19.8 Å². The summed E-state index contributed by atoms with van der Waals surface area (Å²) in [7, 11) is 1.65. The SMILES string of the molecule is CCC1O[C@H](OC)C(OCc2ccccc2)[C@H](OCc2ccccc2)[C@@H]1OCc1ccccc1. The fourth-order valence-corrected chi connectivity index (χ4v) is 4.26. The van der Waals surface area contributed by atoms with Crippen LogP contribution in [0.15, 0.2) is 91.0 Å². The van der Waals surface area contributed by atoms with Crippen LogP contribution in [0.25, 0.3) is 0 Å². The van der Waals surface area contributed by atoms with Gasteiger partial charge in [0.05, 0.1) is 25.9 Å². The molecule has 4 rings (SSSR count). The minimum atomic E-state index is -0.550. The summed E-state index contributed by atoms with van der Waals surface area (Å²) >= 11 is 0. The van der Waals surface area contributed by atoms with Crippen LogP contribution in [-0.4, -0.2) is 37.8 Å². The monoisotopic (exact) mass is 462 g/mol. The third-order valence-corrected chi connectivity index (χ3v) is 6.08. The van der Waals surface area contributed by atoms with E-state index < -0.39 is 12.4 Å². The second kappa shape index (κ2) is 12.8. The maximum atomic E-state index is 6.53. The zero-order valence-corrected chi connectivity index (χ0v) is 19.9. The van der Waals surface area contributed by atoms with E-state index in [4.69, 9.17) is 23.7 Å². The molecule has 0 amide bonds. The van der Waals surface area contributed by atoms with E-state index in [1.165, 1.54) is 0 Å². The zero-order chi connectivity index (χ0) is 23.6. The molecule has 0 N–H and O–H groups in total. The molecule has 5 heteroatoms. The van der Waals surface area contributed by atoms with Gasteiger partial charge in [0.25, 0.3) is 0 Å². The number of hydrogen-bond donors (Lipinski definition) is 0. The average Bonchev–Trinajstić information content (AvgIpc) is 2.91. The summed E-state index contributed by atoms with van der Waals surface area (Å²) in [5, 5.41) is 0. The van der Waals surface area contributed by atoms with Crippen LogP contribution in [0.1, 0.15) is 30.0 Å². The normalized spacial score (nSPS) is 24.7. The highest BCUT2D eigenvalue weighted by atomic mass is 16.7. The summed E-state index contributed by atoms with van der Waals surface area (Å²) < 4.78 is 31.4. The first-order valence-electron chi connectivity index (χ1n) is 11.9. The number of benzene rings is 3. The lowest BCUT2D eigenvalue weighted by molar-refractivity contribution is -0.318. The van der Waals surface area contributed by atoms with Crippen molar-refractivity contribution in [3.05, 3.63) is 108 Å². The van der Waals surface area contributed by atoms with Crippen molar-refractivity contribution < 1.29 is 23.7 Å². The van der Waals surface area contributed by atoms with E-state index in [1.807, 2.05) is 66.7 Å². The van der Waals surface area contributed by atoms with E-state index in [0.717, 1.165) is 23.1 Å². The fraction of sp³-hybridized carbons (Fsp3) is 0.379. The highest BCUT2D eigenvalue weighted by Gasteiger charge is 2.48. The van der Waals surface area contributed by atoms with E-state index in [-0.39, 0.29) is 18.3 Å². The van der Waals surface area contributed by atoms with Crippen molar-refractivity contribution in [2.45, 2.75) is 63.9 Å². The average molecular weight is 463 g/mol. The zero-order valence-electron chi connectivity index (χ0n) is 19.9. The molecule has 5 nitrogen and oxygen atoms in total. The summed E-state index contributed by atoms with van der Waals surface area (Å²) in [6.07, 6.45) is -1.07. The van der Waals surface area contributed by atoms with Gasteiger partial charge >= 0.3 is 0 Å². The Hall–Kier alpha value is -2.54. The standard InChI is InChI=1S/C29H34O5/c1-3-25-26(31-19-22-13-7-4-8-14-22)27(32-20-23-15-9-5-10-16-23)28(29(30-2)34-25)33-21-24-17-11-6-12-18-24/h4-18,25-29H,3,19-21H2,1-2H3/t25?,26-,27-,28?,29+/m1/s1. The van der Waals surface area contributed by atoms with Gasteiger partial charge < -0.3 is 23.7 Å². The highest BCUT2D eigenvalue weighted by Crippen LogP contribution is 2.32. The highest BCUT2D eigenvalue weighted by molar-refractivity contribution is 5.15. The van der Waals surface area contributed by atoms with Gasteiger partial charge in [0.1, 0.15) is 18.3 Å². The summed E-state index contributed by atoms with van der Waals surface area (Å²) in [6.45, 7) is 3.45. The van der Waals surface area contributed by atoms with Crippen molar-refractivity contribution in [1.29, 1.82) is 0 Å². The van der Waals surface area contributed by atoms with Crippen LogP contribution in [0.4, 0.5) is 0 Å². The lowest BCUT2D eigenvalue weighted by Crippen LogP contribution is -2.60. The minimum absolute atomic E-state index is 0.175. The lowest BCUT2D eigenvalue weighted by Gasteiger charge is -2.45. The second-order valence-electron chi connectivity index (χ2n) is 8.47. The first kappa shape index (κ1) is 24.6. The van der Waals surface area contributed by atoms with Gasteiger partial charge in [0.2, 0.25) is 0 Å². The molecule has 34 heavy (non-hydrogen) atoms. The van der Waals surface area contributed by atoms with Crippen LogP contribution in [-0.2, 0) is 43.5 Å². The largest absolute Gasteiger partial charge is 0.368 e. The van der Waals surface area contributed by atoms with Gasteiger partial charge in [0.15, 0.2) is 6.29 Å². The summed E-state index contributed by atoms with van der Waals surface area (Å²) in [4.78, 5) is 0. The van der Waals surface area contributed by atoms with Crippen molar-refractivity contribution in [3.63, 3.8) is 0 Å². The third kappa shape index (κ3) is 6.53. The molecule has 1 saturated heterocycles. The van der Waals surface area contributed by atoms with Gasteiger partial charge in [-0.2, -0.15) is 0 Å². The van der Waals surface area contributed by atoms with E-state index in [1.54, 1.807) is 7.11 Å². The van der Waals surface area contributed by atoms with Gasteiger partial charge in [-0.1, -0.05) is 97.9 Å². The Morgan fingerprint density at radius 3 is 1.41 bits per heavy atom. The Labute approximate surface area is 202 Å². The molecule has 0 aromatic heterocycles. The number of rotatable bonds is 11. The van der Waals surface area contributed by atoms with E-state index in [9.17, 15) is 0 Å². The maximum absolute atomic E-state index is 6.53. The Balaban J connectivity index is 1.56. The molecule has 5 atom stereocenters. The summed E-state index contributed by atoms with van der Waals surface area (Å²) in [6, 6.07) is 30.4. The Kier molecular flexibility index (Phi) is 9.25. The van der Waals surface area contributed by atoms with Crippen LogP contribution >= 0.6 is 0 Å². The molecule has 2 unspecified atom stereocenters. The Morgan fingerprint density at radius 1 is 0.588 bits per heavy atom. The van der Waals surface area contributed by atoms with Crippen molar-refractivity contribution in [3.8, 4) is 0 Å². The molecule has 1 aliphatic heterocycles. The van der Waals surface area contributed by atoms with E-state index >= 15 is 0 Å². The van der Waals surface area contributed by atoms with Gasteiger partial charge in [-0.05, 0) is 23.1 Å². The molecule has 0 spiro atoms. The topological polar surface area (TPSA) is 46.2 Å². The summed E-state index contributed by atoms with van der Waals surface area (Å²) in [5.41, 5.74) is 3.29. The van der Waals surface area contributed by atoms with Crippen molar-refractivity contribution in [2.24, 2.45) is 0 Å². The van der Waals surface area contributed by atoms with Gasteiger partial charge in [-0.3, -0.25) is 0 Å². The molecule has 0 aliphatic carbocycles. The minimum Gasteiger partial charge on any atom is -0.368 e. The van der Waals surface area contributed by atoms with Crippen molar-refractivity contribution >= 4 is 0 Å². The Morgan fingerprint density at radius 2 is 1.00 bits per heavy atom. The molecule has 0 saturated carbocycles. The number of ether oxygens (including phenoxy) is 5. The summed E-state index contributed by atoms with van der Waals surface area (Å²) in [5.74, 6) is 0. The third-order valence-electron chi connectivity index (χ3n) is 6.08. The molecule has 0 bridgehead atoms. The predicted molar refractivity (Wildman–Crippen MR) is 131 cm³/mol. The van der Waals surface area contributed by atoms with E-state index in [2.05, 4.69) is 31.2 Å². The predicted octanol–water partition coefficient (Wildman–Crippen LogP) is 5.52. The first-order valence-corrected chi connectivity index (χ1v) is 11.9. The Bertz CT molecular complexity index is 893. The van der Waals surface area contributed by atoms with Crippen molar-refractivity contribution in [1.82, 2.24) is 0 Å². The number of hydrogen-bond acceptors (Lipinski definition) is 5. The molecule has 0 radical (unpaired) electrons. The molecule has 1 heterocycles. The van der Waals surface area contributed by atoms with Gasteiger partial charge in [-0.25, -0.2) is 0 Å². The van der Waals surface area contributed by atoms with Crippen LogP contribution in [0.2, 0.25) is 0 Å². The molecular weight excluding hydrogens is 428 g/mol. The lowest BCUT2D eigenvalue weighted by atomic mass is 9.96. The molecule has 1 fully saturated rings. The molecule has 3 aromatic carbocycles. The first-order chi connectivity index (χ1) is 16.8. The van der Waals surface area contributed by atoms with Crippen LogP contribution in [0, 0.1) is 0 Å². The fourth-order valence-electron chi connectivity index (χ4n) is 4.26. The van der Waals surface area contributed by atoms with Gasteiger partial charge in [-0.15, -0.1) is 0 Å². The molecule has 180 valence electrons. The quantitative estimate of drug-likeness (QED) is 0.375. The molecule has 3 aromatic rings. The number of methoxy groups -OCH3 is 1. The van der Waals surface area contributed by atoms with Crippen LogP contribution in [0.5, 0.6) is 0 Å². The molecular formula is C29H34O5. The van der Waals surface area contributed by atoms with Crippen LogP contribution < -0.4 is 0 Å². The van der Waals surface area contributed by atoms with Gasteiger partial charge in [0, 0.05) is 7.11 Å². The molecule has 1 aliphatic rings. The van der Waals surface area contributed by atoms with Crippen LogP contribution in [0.3, 0.4) is 0 Å². The maximum Gasteiger partial charge on any atom is 0.186 e.